The van der Waals surface area contributed by atoms with E-state index < -0.39 is 4.92 Å². The summed E-state index contributed by atoms with van der Waals surface area (Å²) in [5.74, 6) is 0.345. The lowest BCUT2D eigenvalue weighted by atomic mass is 10.1. The van der Waals surface area contributed by atoms with E-state index in [4.69, 9.17) is 11.1 Å². The number of nitro benzene ring substituents is 1. The van der Waals surface area contributed by atoms with Gasteiger partial charge in [-0.15, -0.1) is 0 Å². The minimum absolute atomic E-state index is 0.130. The summed E-state index contributed by atoms with van der Waals surface area (Å²) in [5, 5.41) is 18.9. The van der Waals surface area contributed by atoms with Gasteiger partial charge in [-0.3, -0.25) is 15.5 Å². The Labute approximate surface area is 105 Å². The molecule has 96 valence electrons. The van der Waals surface area contributed by atoms with Gasteiger partial charge in [0.2, 0.25) is 0 Å². The van der Waals surface area contributed by atoms with Crippen LogP contribution in [0.25, 0.3) is 0 Å². The Hall–Kier alpha value is -2.11. The van der Waals surface area contributed by atoms with E-state index in [2.05, 4.69) is 0 Å². The van der Waals surface area contributed by atoms with Gasteiger partial charge in [-0.05, 0) is 31.4 Å². The second-order valence-corrected chi connectivity index (χ2v) is 4.43. The number of nitrogens with two attached hydrogens (primary N) is 1. The van der Waals surface area contributed by atoms with Crippen LogP contribution < -0.4 is 5.73 Å². The molecule has 0 bridgehead atoms. The van der Waals surface area contributed by atoms with Gasteiger partial charge in [0.1, 0.15) is 11.5 Å². The number of hydrogen-bond acceptors (Lipinski definition) is 4. The molecule has 3 N–H and O–H groups in total. The minimum Gasteiger partial charge on any atom is -0.393 e. The summed E-state index contributed by atoms with van der Waals surface area (Å²) in [7, 11) is 0. The summed E-state index contributed by atoms with van der Waals surface area (Å²) in [4.78, 5) is 12.3. The van der Waals surface area contributed by atoms with Crippen LogP contribution in [-0.4, -0.2) is 28.7 Å². The molecule has 18 heavy (non-hydrogen) atoms. The number of nitrogens with one attached hydrogen (secondary N) is 1. The predicted molar refractivity (Wildman–Crippen MR) is 69.8 cm³/mol. The molecule has 0 saturated carbocycles. The molecule has 1 aliphatic rings. The van der Waals surface area contributed by atoms with E-state index in [1.807, 2.05) is 4.90 Å². The molecule has 0 amide bonds. The maximum Gasteiger partial charge on any atom is 0.292 e. The maximum absolute atomic E-state index is 10.8. The van der Waals surface area contributed by atoms with Crippen LogP contribution in [0.3, 0.4) is 0 Å². The Kier molecular flexibility index (Phi) is 3.45. The summed E-state index contributed by atoms with van der Waals surface area (Å²) >= 11 is 0. The number of nitrogens with zero attached hydrogens (tertiary/aromatic N) is 2. The van der Waals surface area contributed by atoms with Crippen molar-refractivity contribution in [3.05, 3.63) is 33.9 Å². The quantitative estimate of drug-likeness (QED) is 0.275. The number of benzene rings is 1. The van der Waals surface area contributed by atoms with E-state index in [0.717, 1.165) is 25.9 Å². The second kappa shape index (κ2) is 5.03. The SMILES string of the molecule is N=C(c1ccc(N)c([N+](=O)[O-])c1)N1CCCCC1. The van der Waals surface area contributed by atoms with E-state index in [1.165, 1.54) is 18.6 Å². The molecule has 6 nitrogen and oxygen atoms in total. The third-order valence-electron chi connectivity index (χ3n) is 3.17. The van der Waals surface area contributed by atoms with Crippen molar-refractivity contribution in [2.45, 2.75) is 19.3 Å². The van der Waals surface area contributed by atoms with Crippen molar-refractivity contribution in [2.24, 2.45) is 0 Å². The van der Waals surface area contributed by atoms with E-state index >= 15 is 0 Å². The number of nitro groups is 1. The zero-order valence-corrected chi connectivity index (χ0v) is 10.1. The molecule has 0 spiro atoms. The van der Waals surface area contributed by atoms with Crippen LogP contribution in [-0.2, 0) is 0 Å². The molecule has 0 unspecified atom stereocenters. The third-order valence-corrected chi connectivity index (χ3v) is 3.17. The zero-order chi connectivity index (χ0) is 13.1. The van der Waals surface area contributed by atoms with Gasteiger partial charge in [0, 0.05) is 24.7 Å². The van der Waals surface area contributed by atoms with E-state index in [-0.39, 0.29) is 11.4 Å². The highest BCUT2D eigenvalue weighted by Crippen LogP contribution is 2.23. The van der Waals surface area contributed by atoms with Gasteiger partial charge in [0.25, 0.3) is 5.69 Å². The van der Waals surface area contributed by atoms with Crippen LogP contribution in [0.4, 0.5) is 11.4 Å². The Morgan fingerprint density at radius 1 is 1.33 bits per heavy atom. The van der Waals surface area contributed by atoms with Crippen molar-refractivity contribution >= 4 is 17.2 Å². The zero-order valence-electron chi connectivity index (χ0n) is 10.1. The van der Waals surface area contributed by atoms with E-state index in [0.29, 0.717) is 11.4 Å². The average molecular weight is 248 g/mol. The standard InChI is InChI=1S/C12H16N4O2/c13-10-5-4-9(8-11(10)16(17)18)12(14)15-6-2-1-3-7-15/h4-5,8,14H,1-3,6-7,13H2. The molecule has 0 aliphatic carbocycles. The van der Waals surface area contributed by atoms with Gasteiger partial charge in [0.05, 0.1) is 4.92 Å². The highest BCUT2D eigenvalue weighted by atomic mass is 16.6. The monoisotopic (exact) mass is 248 g/mol. The first-order valence-electron chi connectivity index (χ1n) is 5.97. The molecule has 1 aromatic carbocycles. The van der Waals surface area contributed by atoms with Crippen molar-refractivity contribution in [3.8, 4) is 0 Å². The van der Waals surface area contributed by atoms with Crippen molar-refractivity contribution < 1.29 is 4.92 Å². The smallest absolute Gasteiger partial charge is 0.292 e. The molecule has 1 heterocycles. The first-order chi connectivity index (χ1) is 8.59. The molecular formula is C12H16N4O2. The number of rotatable bonds is 2. The molecule has 1 fully saturated rings. The molecular weight excluding hydrogens is 232 g/mol. The molecule has 6 heteroatoms. The Morgan fingerprint density at radius 2 is 2.00 bits per heavy atom. The molecule has 0 aromatic heterocycles. The van der Waals surface area contributed by atoms with E-state index in [1.54, 1.807) is 6.07 Å². The fourth-order valence-corrected chi connectivity index (χ4v) is 2.15. The number of hydrogen-bond donors (Lipinski definition) is 2. The van der Waals surface area contributed by atoms with Crippen molar-refractivity contribution in [3.63, 3.8) is 0 Å². The lowest BCUT2D eigenvalue weighted by Crippen LogP contribution is -2.35. The first-order valence-corrected chi connectivity index (χ1v) is 5.97. The summed E-state index contributed by atoms with van der Waals surface area (Å²) < 4.78 is 0. The summed E-state index contributed by atoms with van der Waals surface area (Å²) in [6, 6.07) is 4.54. The van der Waals surface area contributed by atoms with Crippen molar-refractivity contribution in [1.82, 2.24) is 4.90 Å². The number of piperidine rings is 1. The number of amidine groups is 1. The average Bonchev–Trinajstić information content (AvgIpc) is 2.39. The van der Waals surface area contributed by atoms with Gasteiger partial charge < -0.3 is 10.6 Å². The van der Waals surface area contributed by atoms with Crippen LogP contribution in [0.15, 0.2) is 18.2 Å². The van der Waals surface area contributed by atoms with Crippen LogP contribution in [0.2, 0.25) is 0 Å². The van der Waals surface area contributed by atoms with Gasteiger partial charge in [-0.1, -0.05) is 0 Å². The largest absolute Gasteiger partial charge is 0.393 e. The minimum atomic E-state index is -0.512. The number of anilines is 1. The predicted octanol–water partition coefficient (Wildman–Crippen LogP) is 1.99. The molecule has 1 aliphatic heterocycles. The molecule has 1 saturated heterocycles. The van der Waals surface area contributed by atoms with Gasteiger partial charge >= 0.3 is 0 Å². The normalized spacial score (nSPS) is 15.4. The fraction of sp³-hybridized carbons (Fsp3) is 0.417. The summed E-state index contributed by atoms with van der Waals surface area (Å²) in [6.45, 7) is 1.69. The van der Waals surface area contributed by atoms with Gasteiger partial charge in [-0.2, -0.15) is 0 Å². The van der Waals surface area contributed by atoms with Crippen LogP contribution >= 0.6 is 0 Å². The van der Waals surface area contributed by atoms with Gasteiger partial charge in [-0.25, -0.2) is 0 Å². The molecule has 0 atom stereocenters. The molecule has 1 aromatic rings. The Balaban J connectivity index is 2.24. The van der Waals surface area contributed by atoms with Crippen molar-refractivity contribution in [2.75, 3.05) is 18.8 Å². The third kappa shape index (κ3) is 2.42. The van der Waals surface area contributed by atoms with Crippen LogP contribution in [0, 0.1) is 15.5 Å². The highest BCUT2D eigenvalue weighted by molar-refractivity contribution is 5.97. The van der Waals surface area contributed by atoms with E-state index in [9.17, 15) is 10.1 Å². The summed E-state index contributed by atoms with van der Waals surface area (Å²) in [6.07, 6.45) is 3.32. The highest BCUT2D eigenvalue weighted by Gasteiger charge is 2.18. The maximum atomic E-state index is 10.8. The summed E-state index contributed by atoms with van der Waals surface area (Å²) in [5.41, 5.74) is 6.10. The van der Waals surface area contributed by atoms with Gasteiger partial charge in [0.15, 0.2) is 0 Å². The van der Waals surface area contributed by atoms with Crippen molar-refractivity contribution in [1.29, 1.82) is 5.41 Å². The molecule has 2 rings (SSSR count). The number of likely N-dealkylation sites (tertiary alicyclic amines) is 1. The Bertz CT molecular complexity index is 481. The Morgan fingerprint density at radius 3 is 2.61 bits per heavy atom. The lowest BCUT2D eigenvalue weighted by molar-refractivity contribution is -0.383. The van der Waals surface area contributed by atoms with Crippen LogP contribution in [0.1, 0.15) is 24.8 Å². The topological polar surface area (TPSA) is 96.2 Å². The lowest BCUT2D eigenvalue weighted by Gasteiger charge is -2.29. The number of nitrogen functional groups attached to an aromatic ring is 1. The van der Waals surface area contributed by atoms with Crippen LogP contribution in [0.5, 0.6) is 0 Å². The molecule has 0 radical (unpaired) electrons. The fourth-order valence-electron chi connectivity index (χ4n) is 2.15. The second-order valence-electron chi connectivity index (χ2n) is 4.43. The first kappa shape index (κ1) is 12.3.